The fourth-order valence-corrected chi connectivity index (χ4v) is 2.86. The van der Waals surface area contributed by atoms with E-state index < -0.39 is 0 Å². The predicted octanol–water partition coefficient (Wildman–Crippen LogP) is 5.79. The smallest absolute Gasteiger partial charge is 0.0763 e. The van der Waals surface area contributed by atoms with Crippen LogP contribution in [-0.4, -0.2) is 10.8 Å². The zero-order chi connectivity index (χ0) is 15.5. The van der Waals surface area contributed by atoms with Crippen LogP contribution in [0.1, 0.15) is 11.3 Å². The molecule has 0 N–H and O–H groups in total. The standard InChI is InChI=1S/C18H14ClIN2/c1-13-8-9-14(11-16(13)19)22-10-4-5-15(22)12-21-18-7-3-2-6-17(18)20/h2-12H,1H3. The monoisotopic (exact) mass is 420 g/mol. The van der Waals surface area contributed by atoms with Crippen molar-refractivity contribution in [2.24, 2.45) is 4.99 Å². The first kappa shape index (κ1) is 15.3. The topological polar surface area (TPSA) is 17.3 Å². The Morgan fingerprint density at radius 2 is 1.91 bits per heavy atom. The molecule has 0 saturated heterocycles. The number of para-hydroxylation sites is 1. The number of benzene rings is 2. The van der Waals surface area contributed by atoms with Gasteiger partial charge in [0.25, 0.3) is 0 Å². The van der Waals surface area contributed by atoms with E-state index in [1.54, 1.807) is 0 Å². The molecule has 3 aromatic rings. The van der Waals surface area contributed by atoms with E-state index in [1.807, 2.05) is 67.9 Å². The molecule has 0 aliphatic carbocycles. The molecule has 0 fully saturated rings. The van der Waals surface area contributed by atoms with E-state index in [0.717, 1.165) is 31.2 Å². The third-order valence-corrected chi connectivity index (χ3v) is 4.72. The highest BCUT2D eigenvalue weighted by Gasteiger charge is 2.04. The molecule has 0 amide bonds. The second kappa shape index (κ2) is 6.67. The van der Waals surface area contributed by atoms with Crippen LogP contribution >= 0.6 is 34.2 Å². The molecular weight excluding hydrogens is 407 g/mol. The zero-order valence-electron chi connectivity index (χ0n) is 12.0. The third-order valence-electron chi connectivity index (χ3n) is 3.40. The fraction of sp³-hybridized carbons (Fsp3) is 0.0556. The minimum absolute atomic E-state index is 0.770. The third kappa shape index (κ3) is 3.25. The van der Waals surface area contributed by atoms with E-state index in [-0.39, 0.29) is 0 Å². The predicted molar refractivity (Wildman–Crippen MR) is 102 cm³/mol. The lowest BCUT2D eigenvalue weighted by Crippen LogP contribution is -1.98. The number of hydrogen-bond acceptors (Lipinski definition) is 1. The van der Waals surface area contributed by atoms with E-state index in [2.05, 4.69) is 38.2 Å². The molecule has 2 nitrogen and oxygen atoms in total. The molecule has 2 aromatic carbocycles. The first-order valence-electron chi connectivity index (χ1n) is 6.87. The molecule has 0 atom stereocenters. The van der Waals surface area contributed by atoms with E-state index in [0.29, 0.717) is 0 Å². The summed E-state index contributed by atoms with van der Waals surface area (Å²) in [7, 11) is 0. The second-order valence-corrected chi connectivity index (χ2v) is 6.52. The minimum atomic E-state index is 0.770. The average molecular weight is 421 g/mol. The lowest BCUT2D eigenvalue weighted by atomic mass is 10.2. The molecule has 0 saturated carbocycles. The Labute approximate surface area is 148 Å². The van der Waals surface area contributed by atoms with Gasteiger partial charge in [0.1, 0.15) is 0 Å². The summed E-state index contributed by atoms with van der Waals surface area (Å²) >= 11 is 8.52. The van der Waals surface area contributed by atoms with Gasteiger partial charge in [-0.2, -0.15) is 0 Å². The Hall–Kier alpha value is -1.59. The van der Waals surface area contributed by atoms with Crippen LogP contribution in [0.3, 0.4) is 0 Å². The summed E-state index contributed by atoms with van der Waals surface area (Å²) in [6.45, 7) is 2.00. The van der Waals surface area contributed by atoms with Crippen molar-refractivity contribution in [2.75, 3.05) is 0 Å². The number of rotatable bonds is 3. The molecule has 110 valence electrons. The van der Waals surface area contributed by atoms with Crippen LogP contribution in [0, 0.1) is 10.5 Å². The number of aromatic nitrogens is 1. The van der Waals surface area contributed by atoms with Crippen molar-refractivity contribution in [1.29, 1.82) is 0 Å². The van der Waals surface area contributed by atoms with Crippen LogP contribution < -0.4 is 0 Å². The van der Waals surface area contributed by atoms with Crippen LogP contribution in [-0.2, 0) is 0 Å². The van der Waals surface area contributed by atoms with Gasteiger partial charge in [0.15, 0.2) is 0 Å². The Morgan fingerprint density at radius 3 is 2.68 bits per heavy atom. The molecule has 0 aliphatic heterocycles. The van der Waals surface area contributed by atoms with Gasteiger partial charge in [0, 0.05) is 20.5 Å². The maximum atomic E-state index is 6.23. The van der Waals surface area contributed by atoms with Crippen LogP contribution in [0.2, 0.25) is 5.02 Å². The number of halogens is 2. The van der Waals surface area contributed by atoms with E-state index in [1.165, 1.54) is 0 Å². The number of aliphatic imine (C=N–C) groups is 1. The van der Waals surface area contributed by atoms with Gasteiger partial charge in [-0.05, 0) is 71.5 Å². The van der Waals surface area contributed by atoms with E-state index in [9.17, 15) is 0 Å². The van der Waals surface area contributed by atoms with Gasteiger partial charge in [-0.1, -0.05) is 29.8 Å². The molecular formula is C18H14ClIN2. The Balaban J connectivity index is 1.95. The highest BCUT2D eigenvalue weighted by molar-refractivity contribution is 14.1. The first-order chi connectivity index (χ1) is 10.6. The largest absolute Gasteiger partial charge is 0.316 e. The molecule has 0 unspecified atom stereocenters. The molecule has 3 rings (SSSR count). The normalized spacial score (nSPS) is 11.2. The first-order valence-corrected chi connectivity index (χ1v) is 8.33. The van der Waals surface area contributed by atoms with Crippen molar-refractivity contribution in [3.63, 3.8) is 0 Å². The summed E-state index contributed by atoms with van der Waals surface area (Å²) in [4.78, 5) is 4.59. The van der Waals surface area contributed by atoms with Crippen molar-refractivity contribution in [3.05, 3.63) is 80.6 Å². The molecule has 4 heteroatoms. The van der Waals surface area contributed by atoms with Gasteiger partial charge in [0.2, 0.25) is 0 Å². The molecule has 0 bridgehead atoms. The van der Waals surface area contributed by atoms with Crippen LogP contribution in [0.25, 0.3) is 5.69 Å². The van der Waals surface area contributed by atoms with Gasteiger partial charge < -0.3 is 4.57 Å². The van der Waals surface area contributed by atoms with Gasteiger partial charge in [0.05, 0.1) is 17.6 Å². The lowest BCUT2D eigenvalue weighted by molar-refractivity contribution is 1.06. The number of nitrogens with zero attached hydrogens (tertiary/aromatic N) is 2. The Bertz CT molecular complexity index is 837. The van der Waals surface area contributed by atoms with Crippen LogP contribution in [0.4, 0.5) is 5.69 Å². The summed E-state index contributed by atoms with van der Waals surface area (Å²) in [5, 5.41) is 0.770. The summed E-state index contributed by atoms with van der Waals surface area (Å²) < 4.78 is 3.21. The van der Waals surface area contributed by atoms with E-state index in [4.69, 9.17) is 11.6 Å². The lowest BCUT2D eigenvalue weighted by Gasteiger charge is -2.08. The summed E-state index contributed by atoms with van der Waals surface area (Å²) in [6.07, 6.45) is 3.89. The number of aryl methyl sites for hydroxylation is 1. The van der Waals surface area contributed by atoms with Crippen molar-refractivity contribution in [1.82, 2.24) is 4.57 Å². The van der Waals surface area contributed by atoms with Crippen molar-refractivity contribution >= 4 is 46.1 Å². The summed E-state index contributed by atoms with van der Waals surface area (Å²) in [5.41, 5.74) is 4.09. The highest BCUT2D eigenvalue weighted by Crippen LogP contribution is 2.22. The molecule has 0 spiro atoms. The maximum absolute atomic E-state index is 6.23. The van der Waals surface area contributed by atoms with Crippen molar-refractivity contribution < 1.29 is 0 Å². The molecule has 0 aliphatic rings. The van der Waals surface area contributed by atoms with Gasteiger partial charge >= 0.3 is 0 Å². The number of hydrogen-bond donors (Lipinski definition) is 0. The highest BCUT2D eigenvalue weighted by atomic mass is 127. The second-order valence-electron chi connectivity index (χ2n) is 4.95. The molecule has 1 aromatic heterocycles. The zero-order valence-corrected chi connectivity index (χ0v) is 14.9. The fourth-order valence-electron chi connectivity index (χ4n) is 2.16. The quantitative estimate of drug-likeness (QED) is 0.377. The van der Waals surface area contributed by atoms with Crippen molar-refractivity contribution in [3.8, 4) is 5.69 Å². The molecule has 1 heterocycles. The summed E-state index contributed by atoms with van der Waals surface area (Å²) in [6, 6.07) is 18.2. The maximum Gasteiger partial charge on any atom is 0.0763 e. The summed E-state index contributed by atoms with van der Waals surface area (Å²) in [5.74, 6) is 0. The van der Waals surface area contributed by atoms with Crippen molar-refractivity contribution in [2.45, 2.75) is 6.92 Å². The van der Waals surface area contributed by atoms with Gasteiger partial charge in [-0.3, -0.25) is 4.99 Å². The van der Waals surface area contributed by atoms with Gasteiger partial charge in [-0.25, -0.2) is 0 Å². The Kier molecular flexibility index (Phi) is 4.64. The minimum Gasteiger partial charge on any atom is -0.316 e. The van der Waals surface area contributed by atoms with Crippen LogP contribution in [0.5, 0.6) is 0 Å². The Morgan fingerprint density at radius 1 is 1.09 bits per heavy atom. The average Bonchev–Trinajstić information content (AvgIpc) is 2.98. The van der Waals surface area contributed by atoms with Crippen LogP contribution in [0.15, 0.2) is 65.8 Å². The molecule has 22 heavy (non-hydrogen) atoms. The SMILES string of the molecule is Cc1ccc(-n2cccc2C=Nc2ccccc2I)cc1Cl. The molecule has 0 radical (unpaired) electrons. The van der Waals surface area contributed by atoms with E-state index >= 15 is 0 Å². The van der Waals surface area contributed by atoms with Gasteiger partial charge in [-0.15, -0.1) is 0 Å².